The molecule has 11 heavy (non-hydrogen) atoms. The molecule has 0 spiro atoms. The molecule has 1 nitrogen and oxygen atoms in total. The zero-order chi connectivity index (χ0) is 7.56. The fourth-order valence-corrected chi connectivity index (χ4v) is 1.88. The number of benzene rings is 1. The molecule has 0 N–H and O–H groups in total. The molecule has 0 aliphatic carbocycles. The van der Waals surface area contributed by atoms with Crippen LogP contribution in [0.1, 0.15) is 1.43 Å². The van der Waals surface area contributed by atoms with Gasteiger partial charge in [0.2, 0.25) is 0 Å². The van der Waals surface area contributed by atoms with Gasteiger partial charge in [-0.3, -0.25) is 4.21 Å². The summed E-state index contributed by atoms with van der Waals surface area (Å²) in [7, 11) is -0.917. The Kier molecular flexibility index (Phi) is 5.73. The molecule has 56 valence electrons. The number of rotatable bonds is 1. The molecule has 0 fully saturated rings. The molecule has 0 bridgehead atoms. The van der Waals surface area contributed by atoms with Gasteiger partial charge < -0.3 is 1.43 Å². The first-order valence-corrected chi connectivity index (χ1v) is 4.84. The van der Waals surface area contributed by atoms with Crippen molar-refractivity contribution in [2.75, 3.05) is 6.26 Å². The minimum absolute atomic E-state index is 0. The molecule has 0 aromatic heterocycles. The fourth-order valence-electron chi connectivity index (χ4n) is 0.700. The van der Waals surface area contributed by atoms with E-state index < -0.39 is 10.8 Å². The standard InChI is InChI=1S/C7H8OS2.Na.H/c1-10(8)7-5-3-2-4-6(7)9;;/h2-5,9H,1H3;;/q;+1;-1. The van der Waals surface area contributed by atoms with E-state index in [1.165, 1.54) is 0 Å². The van der Waals surface area contributed by atoms with Crippen molar-refractivity contribution in [3.63, 3.8) is 0 Å². The second-order valence-corrected chi connectivity index (χ2v) is 3.75. The summed E-state index contributed by atoms with van der Waals surface area (Å²) in [6.45, 7) is 0. The Balaban J connectivity index is 0. The fraction of sp³-hybridized carbons (Fsp3) is 0.143. The molecule has 1 atom stereocenters. The van der Waals surface area contributed by atoms with Crippen molar-refractivity contribution in [2.45, 2.75) is 9.79 Å². The van der Waals surface area contributed by atoms with Crippen molar-refractivity contribution < 1.29 is 35.2 Å². The maximum absolute atomic E-state index is 10.9. The summed E-state index contributed by atoms with van der Waals surface area (Å²) in [5, 5.41) is 0. The molecular weight excluding hydrogens is 187 g/mol. The molecule has 1 aromatic rings. The van der Waals surface area contributed by atoms with E-state index in [1.807, 2.05) is 24.3 Å². The maximum atomic E-state index is 10.9. The van der Waals surface area contributed by atoms with Gasteiger partial charge in [-0.1, -0.05) is 12.1 Å². The second-order valence-electron chi connectivity index (χ2n) is 1.92. The first-order valence-electron chi connectivity index (χ1n) is 2.83. The van der Waals surface area contributed by atoms with E-state index in [9.17, 15) is 4.21 Å². The second kappa shape index (κ2) is 5.38. The van der Waals surface area contributed by atoms with Gasteiger partial charge in [-0.15, -0.1) is 12.6 Å². The number of hydrogen-bond donors (Lipinski definition) is 1. The first-order chi connectivity index (χ1) is 4.72. The van der Waals surface area contributed by atoms with E-state index in [0.29, 0.717) is 0 Å². The topological polar surface area (TPSA) is 17.1 Å². The summed E-state index contributed by atoms with van der Waals surface area (Å²) in [5.41, 5.74) is 0. The van der Waals surface area contributed by atoms with Crippen LogP contribution in [0.2, 0.25) is 0 Å². The Morgan fingerprint density at radius 2 is 2.00 bits per heavy atom. The smallest absolute Gasteiger partial charge is 1.00 e. The van der Waals surface area contributed by atoms with Gasteiger partial charge in [-0.05, 0) is 12.1 Å². The summed E-state index contributed by atoms with van der Waals surface area (Å²) < 4.78 is 10.9. The van der Waals surface area contributed by atoms with E-state index in [1.54, 1.807) is 6.26 Å². The molecule has 0 saturated carbocycles. The summed E-state index contributed by atoms with van der Waals surface area (Å²) in [6.07, 6.45) is 1.65. The summed E-state index contributed by atoms with van der Waals surface area (Å²) in [4.78, 5) is 1.59. The van der Waals surface area contributed by atoms with Gasteiger partial charge >= 0.3 is 29.6 Å². The van der Waals surface area contributed by atoms with Crippen molar-refractivity contribution in [3.05, 3.63) is 24.3 Å². The van der Waals surface area contributed by atoms with Crippen LogP contribution in [0.4, 0.5) is 0 Å². The van der Waals surface area contributed by atoms with Crippen molar-refractivity contribution in [2.24, 2.45) is 0 Å². The quantitative estimate of drug-likeness (QED) is 0.442. The SMILES string of the molecule is CS(=O)c1ccccc1S.[H-].[Na+]. The molecule has 4 heteroatoms. The van der Waals surface area contributed by atoms with Crippen LogP contribution in [0.15, 0.2) is 34.1 Å². The molecule has 0 amide bonds. The van der Waals surface area contributed by atoms with Crippen LogP contribution >= 0.6 is 12.6 Å². The van der Waals surface area contributed by atoms with E-state index in [-0.39, 0.29) is 31.0 Å². The monoisotopic (exact) mass is 196 g/mol. The Labute approximate surface area is 98.2 Å². The van der Waals surface area contributed by atoms with Gasteiger partial charge in [-0.25, -0.2) is 0 Å². The van der Waals surface area contributed by atoms with E-state index in [0.717, 1.165) is 9.79 Å². The normalized spacial score (nSPS) is 11.8. The van der Waals surface area contributed by atoms with Gasteiger partial charge in [0.1, 0.15) is 0 Å². The van der Waals surface area contributed by atoms with Crippen LogP contribution in [-0.4, -0.2) is 10.5 Å². The number of hydrogen-bond acceptors (Lipinski definition) is 2. The van der Waals surface area contributed by atoms with Crippen LogP contribution in [0.3, 0.4) is 0 Å². The van der Waals surface area contributed by atoms with Crippen LogP contribution in [0, 0.1) is 0 Å². The average molecular weight is 196 g/mol. The predicted molar refractivity (Wildman–Crippen MR) is 47.1 cm³/mol. The van der Waals surface area contributed by atoms with Crippen LogP contribution in [-0.2, 0) is 10.8 Å². The summed E-state index contributed by atoms with van der Waals surface area (Å²) in [5.74, 6) is 0. The largest absolute Gasteiger partial charge is 1.00 e. The van der Waals surface area contributed by atoms with Gasteiger partial charge in [-0.2, -0.15) is 0 Å². The van der Waals surface area contributed by atoms with E-state index in [4.69, 9.17) is 0 Å². The minimum Gasteiger partial charge on any atom is -1.00 e. The zero-order valence-electron chi connectivity index (χ0n) is 7.57. The molecular formula is C7H9NaOS2. The molecule has 0 heterocycles. The third-order valence-electron chi connectivity index (χ3n) is 1.17. The van der Waals surface area contributed by atoms with Gasteiger partial charge in [0.05, 0.1) is 15.7 Å². The zero-order valence-corrected chi connectivity index (χ0v) is 10.3. The molecule has 1 rings (SSSR count). The molecule has 0 aliphatic rings. The maximum Gasteiger partial charge on any atom is 1.00 e. The van der Waals surface area contributed by atoms with Crippen LogP contribution < -0.4 is 29.6 Å². The Morgan fingerprint density at radius 1 is 1.45 bits per heavy atom. The van der Waals surface area contributed by atoms with E-state index in [2.05, 4.69) is 12.6 Å². The van der Waals surface area contributed by atoms with Gasteiger partial charge in [0, 0.05) is 11.2 Å². The third-order valence-corrected chi connectivity index (χ3v) is 2.69. The molecule has 0 radical (unpaired) electrons. The minimum atomic E-state index is -0.917. The van der Waals surface area contributed by atoms with E-state index >= 15 is 0 Å². The van der Waals surface area contributed by atoms with Crippen LogP contribution in [0.5, 0.6) is 0 Å². The molecule has 0 saturated heterocycles. The van der Waals surface area contributed by atoms with Gasteiger partial charge in [0.25, 0.3) is 0 Å². The van der Waals surface area contributed by atoms with Crippen molar-refractivity contribution in [1.29, 1.82) is 0 Å². The summed E-state index contributed by atoms with van der Waals surface area (Å²) in [6, 6.07) is 7.38. The van der Waals surface area contributed by atoms with Crippen molar-refractivity contribution in [3.8, 4) is 0 Å². The Hall–Kier alpha value is 0.720. The van der Waals surface area contributed by atoms with Crippen molar-refractivity contribution >= 4 is 23.4 Å². The van der Waals surface area contributed by atoms with Gasteiger partial charge in [0.15, 0.2) is 0 Å². The number of thiol groups is 1. The Morgan fingerprint density at radius 3 is 2.36 bits per heavy atom. The van der Waals surface area contributed by atoms with Crippen LogP contribution in [0.25, 0.3) is 0 Å². The van der Waals surface area contributed by atoms with Crippen molar-refractivity contribution in [1.82, 2.24) is 0 Å². The molecule has 1 aromatic carbocycles. The molecule has 1 unspecified atom stereocenters. The predicted octanol–water partition coefficient (Wildman–Crippen LogP) is -1.17. The first kappa shape index (κ1) is 11.7. The Bertz CT molecular complexity index is 267. The molecule has 0 aliphatic heterocycles. The summed E-state index contributed by atoms with van der Waals surface area (Å²) >= 11 is 4.14. The average Bonchev–Trinajstić information content (AvgIpc) is 1.88. The third kappa shape index (κ3) is 3.30.